The third-order valence-corrected chi connectivity index (χ3v) is 9.59. The first-order chi connectivity index (χ1) is 16.9. The molecular weight excluding hydrogens is 518 g/mol. The van der Waals surface area contributed by atoms with E-state index < -0.39 is 53.6 Å². The summed E-state index contributed by atoms with van der Waals surface area (Å²) in [6, 6.07) is 4.72. The maximum atomic E-state index is 15.1. The number of carbonyl (C=O) groups excluding carboxylic acids is 2. The molecule has 0 fully saturated rings. The zero-order chi connectivity index (χ0) is 28.4. The second-order valence-electron chi connectivity index (χ2n) is 11.8. The number of esters is 1. The molecule has 1 aliphatic rings. The number of benzene rings is 1. The molecule has 0 unspecified atom stereocenters. The van der Waals surface area contributed by atoms with Gasteiger partial charge in [-0.15, -0.1) is 0 Å². The summed E-state index contributed by atoms with van der Waals surface area (Å²) < 4.78 is 44.7. The van der Waals surface area contributed by atoms with Crippen LogP contribution >= 0.6 is 11.8 Å². The van der Waals surface area contributed by atoms with Crippen molar-refractivity contribution in [1.82, 2.24) is 4.90 Å². The molecule has 0 saturated carbocycles. The van der Waals surface area contributed by atoms with Crippen molar-refractivity contribution in [3.8, 4) is 0 Å². The summed E-state index contributed by atoms with van der Waals surface area (Å²) in [5.74, 6) is -3.32. The maximum absolute atomic E-state index is 15.1. The monoisotopic (exact) mass is 558 g/mol. The van der Waals surface area contributed by atoms with Crippen LogP contribution in [-0.2, 0) is 24.5 Å². The topological polar surface area (TPSA) is 77.4 Å². The van der Waals surface area contributed by atoms with Gasteiger partial charge < -0.3 is 14.2 Å². The van der Waals surface area contributed by atoms with Gasteiger partial charge in [-0.25, -0.2) is 18.5 Å². The van der Waals surface area contributed by atoms with E-state index in [0.29, 0.717) is 6.61 Å². The lowest BCUT2D eigenvalue weighted by Crippen LogP contribution is -2.55. The predicted molar refractivity (Wildman–Crippen MR) is 145 cm³/mol. The number of amidine groups is 1. The lowest BCUT2D eigenvalue weighted by molar-refractivity contribution is -0.145. The van der Waals surface area contributed by atoms with Crippen molar-refractivity contribution in [2.24, 2.45) is 10.9 Å². The van der Waals surface area contributed by atoms with Crippen molar-refractivity contribution < 1.29 is 32.6 Å². The van der Waals surface area contributed by atoms with Crippen LogP contribution < -0.4 is 0 Å². The normalized spacial score (nSPS) is 24.3. The van der Waals surface area contributed by atoms with Crippen LogP contribution in [0.3, 0.4) is 0 Å². The zero-order valence-corrected chi connectivity index (χ0v) is 25.3. The second-order valence-corrected chi connectivity index (χ2v) is 18.9. The Morgan fingerprint density at radius 2 is 1.81 bits per heavy atom. The minimum absolute atomic E-state index is 0.0308. The first-order valence-electron chi connectivity index (χ1n) is 12.3. The molecule has 0 N–H and O–H groups in total. The van der Waals surface area contributed by atoms with Gasteiger partial charge in [0.05, 0.1) is 12.6 Å². The van der Waals surface area contributed by atoms with Gasteiger partial charge in [-0.3, -0.25) is 9.79 Å². The minimum Gasteiger partial charge on any atom is -0.468 e. The number of hydrogen-bond acceptors (Lipinski definition) is 7. The fraction of sp³-hybridized carbons (Fsp3) is 0.654. The molecule has 0 spiro atoms. The minimum atomic E-state index is -1.42. The molecule has 1 aliphatic heterocycles. The van der Waals surface area contributed by atoms with Crippen molar-refractivity contribution in [2.45, 2.75) is 83.1 Å². The van der Waals surface area contributed by atoms with Crippen LogP contribution in [0.1, 0.15) is 47.1 Å². The van der Waals surface area contributed by atoms with Crippen LogP contribution in [0.15, 0.2) is 23.2 Å². The molecule has 2 rings (SSSR count). The molecule has 0 aromatic heterocycles. The predicted octanol–water partition coefficient (Wildman–Crippen LogP) is 6.40. The molecule has 1 aromatic rings. The highest BCUT2D eigenvalue weighted by atomic mass is 32.2. The Morgan fingerprint density at radius 1 is 1.19 bits per heavy atom. The lowest BCUT2D eigenvalue weighted by Gasteiger charge is -2.47. The quantitative estimate of drug-likeness (QED) is 0.167. The number of carbonyl (C=O) groups is 2. The highest BCUT2D eigenvalue weighted by Gasteiger charge is 2.56. The van der Waals surface area contributed by atoms with Crippen molar-refractivity contribution in [3.63, 3.8) is 0 Å². The standard InChI is InChI=1S/C26H40F2N2O5SSi/c1-17-25(5,18-12-11-13-19(27)20(18)28)29-22(36-26(17,6)21(31)33-7)30(23(32)35-24(2,3)4)16-34-14-15-37(8,9)10/h11-13,17H,14-16H2,1-10H3/t17-,25-,26-/m0/s1. The highest BCUT2D eigenvalue weighted by Crippen LogP contribution is 2.52. The largest absolute Gasteiger partial charge is 0.468 e. The van der Waals surface area contributed by atoms with E-state index in [1.807, 2.05) is 0 Å². The van der Waals surface area contributed by atoms with Crippen LogP contribution in [0, 0.1) is 17.6 Å². The number of nitrogens with zero attached hydrogens (tertiary/aromatic N) is 2. The van der Waals surface area contributed by atoms with Crippen LogP contribution in [0.25, 0.3) is 0 Å². The molecule has 1 aromatic carbocycles. The van der Waals surface area contributed by atoms with Crippen LogP contribution in [0.5, 0.6) is 0 Å². The highest BCUT2D eigenvalue weighted by molar-refractivity contribution is 8.15. The van der Waals surface area contributed by atoms with Crippen LogP contribution in [-0.4, -0.2) is 61.0 Å². The smallest absolute Gasteiger partial charge is 0.418 e. The number of thioether (sulfide) groups is 1. The van der Waals surface area contributed by atoms with Gasteiger partial charge in [0, 0.05) is 26.2 Å². The van der Waals surface area contributed by atoms with E-state index in [2.05, 4.69) is 19.6 Å². The van der Waals surface area contributed by atoms with Crippen LogP contribution in [0.4, 0.5) is 13.6 Å². The SMILES string of the molecule is COC(=O)[C@@]1(C)SC(N(COCC[Si](C)(C)C)C(=O)OC(C)(C)C)=N[C@](C)(c2cccc(F)c2F)[C@@H]1C. The van der Waals surface area contributed by atoms with Gasteiger partial charge in [-0.1, -0.05) is 50.5 Å². The summed E-state index contributed by atoms with van der Waals surface area (Å²) >= 11 is 1.02. The molecule has 1 heterocycles. The number of hydrogen-bond donors (Lipinski definition) is 0. The number of methoxy groups -OCH3 is 1. The summed E-state index contributed by atoms with van der Waals surface area (Å²) in [7, 11) is -0.137. The number of amides is 1. The van der Waals surface area contributed by atoms with Crippen molar-refractivity contribution in [2.75, 3.05) is 20.4 Å². The lowest BCUT2D eigenvalue weighted by atomic mass is 9.73. The summed E-state index contributed by atoms with van der Waals surface area (Å²) in [4.78, 5) is 32.4. The van der Waals surface area contributed by atoms with E-state index in [4.69, 9.17) is 19.2 Å². The van der Waals surface area contributed by atoms with E-state index in [1.54, 1.807) is 41.5 Å². The molecule has 0 saturated heterocycles. The number of aliphatic imine (C=N–C) groups is 1. The van der Waals surface area contributed by atoms with Crippen molar-refractivity contribution in [1.29, 1.82) is 0 Å². The number of ether oxygens (including phenoxy) is 3. The second kappa shape index (κ2) is 11.4. The third-order valence-electron chi connectivity index (χ3n) is 6.45. The Bertz CT molecular complexity index is 1040. The summed E-state index contributed by atoms with van der Waals surface area (Å²) in [6.07, 6.45) is -0.726. The van der Waals surface area contributed by atoms with E-state index in [0.717, 1.165) is 23.9 Å². The van der Waals surface area contributed by atoms with E-state index in [9.17, 15) is 14.0 Å². The average Bonchev–Trinajstić information content (AvgIpc) is 2.76. The average molecular weight is 559 g/mol. The van der Waals surface area contributed by atoms with Gasteiger partial charge in [0.15, 0.2) is 16.8 Å². The molecule has 3 atom stereocenters. The molecule has 1 amide bonds. The molecule has 0 aliphatic carbocycles. The Hall–Kier alpha value is -1.98. The number of rotatable bonds is 7. The molecule has 11 heteroatoms. The molecule has 0 bridgehead atoms. The summed E-state index contributed by atoms with van der Waals surface area (Å²) in [5.41, 5.74) is -2.27. The van der Waals surface area contributed by atoms with Crippen LogP contribution in [0.2, 0.25) is 25.7 Å². The molecule has 7 nitrogen and oxygen atoms in total. The number of halogens is 2. The molecule has 37 heavy (non-hydrogen) atoms. The third kappa shape index (κ3) is 7.32. The van der Waals surface area contributed by atoms with Crippen molar-refractivity contribution in [3.05, 3.63) is 35.4 Å². The fourth-order valence-corrected chi connectivity index (χ4v) is 6.08. The van der Waals surface area contributed by atoms with Gasteiger partial charge >= 0.3 is 12.1 Å². The van der Waals surface area contributed by atoms with Gasteiger partial charge in [0.2, 0.25) is 0 Å². The van der Waals surface area contributed by atoms with Gasteiger partial charge in [0.1, 0.15) is 17.1 Å². The summed E-state index contributed by atoms with van der Waals surface area (Å²) in [5, 5.41) is 0.0967. The van der Waals surface area contributed by atoms with Gasteiger partial charge in [-0.05, 0) is 46.7 Å². The van der Waals surface area contributed by atoms with Crippen molar-refractivity contribution >= 4 is 37.1 Å². The Labute approximate surface area is 224 Å². The van der Waals surface area contributed by atoms with Gasteiger partial charge in [-0.2, -0.15) is 0 Å². The van der Waals surface area contributed by atoms with E-state index in [1.165, 1.54) is 24.1 Å². The van der Waals surface area contributed by atoms with Gasteiger partial charge in [0.25, 0.3) is 0 Å². The first kappa shape index (κ1) is 31.2. The van der Waals surface area contributed by atoms with E-state index in [-0.39, 0.29) is 17.5 Å². The Balaban J connectivity index is 2.65. The molecular formula is C26H40F2N2O5SSi. The maximum Gasteiger partial charge on any atom is 0.418 e. The summed E-state index contributed by atoms with van der Waals surface area (Å²) in [6.45, 7) is 17.1. The Morgan fingerprint density at radius 3 is 2.35 bits per heavy atom. The fourth-order valence-electron chi connectivity index (χ4n) is 3.89. The van der Waals surface area contributed by atoms with E-state index >= 15 is 4.39 Å². The molecule has 208 valence electrons. The molecule has 0 radical (unpaired) electrons. The first-order valence-corrected chi connectivity index (χ1v) is 16.8. The zero-order valence-electron chi connectivity index (χ0n) is 23.5. The Kier molecular flexibility index (Phi) is 9.63.